The van der Waals surface area contributed by atoms with Crippen LogP contribution in [-0.4, -0.2) is 36.4 Å². The van der Waals surface area contributed by atoms with Gasteiger partial charge in [0.05, 0.1) is 18.5 Å². The molecule has 3 rings (SSSR count). The summed E-state index contributed by atoms with van der Waals surface area (Å²) < 4.78 is 19.5. The molecule has 5 nitrogen and oxygen atoms in total. The summed E-state index contributed by atoms with van der Waals surface area (Å²) in [7, 11) is 0. The van der Waals surface area contributed by atoms with Crippen LogP contribution < -0.4 is 10.1 Å². The predicted molar refractivity (Wildman–Crippen MR) is 77.7 cm³/mol. The van der Waals surface area contributed by atoms with Crippen molar-refractivity contribution < 1.29 is 18.7 Å². The van der Waals surface area contributed by atoms with Gasteiger partial charge in [0.15, 0.2) is 0 Å². The predicted octanol–water partition coefficient (Wildman–Crippen LogP) is 1.46. The number of fused-ring (bicyclic) bond motifs is 1. The van der Waals surface area contributed by atoms with E-state index in [0.29, 0.717) is 43.9 Å². The van der Waals surface area contributed by atoms with Crippen molar-refractivity contribution in [3.63, 3.8) is 0 Å². The van der Waals surface area contributed by atoms with Gasteiger partial charge in [-0.25, -0.2) is 4.39 Å². The van der Waals surface area contributed by atoms with Gasteiger partial charge in [-0.2, -0.15) is 0 Å². The summed E-state index contributed by atoms with van der Waals surface area (Å²) >= 11 is 0. The van der Waals surface area contributed by atoms with Gasteiger partial charge in [0, 0.05) is 18.5 Å². The fourth-order valence-corrected chi connectivity index (χ4v) is 2.96. The third kappa shape index (κ3) is 2.65. The average Bonchev–Trinajstić information content (AvgIpc) is 2.73. The topological polar surface area (TPSA) is 58.6 Å². The molecule has 1 saturated heterocycles. The van der Waals surface area contributed by atoms with Gasteiger partial charge in [0.1, 0.15) is 18.2 Å². The lowest BCUT2D eigenvalue weighted by Gasteiger charge is -2.36. The Hall–Kier alpha value is -2.11. The van der Waals surface area contributed by atoms with E-state index in [0.717, 1.165) is 0 Å². The second-order valence-corrected chi connectivity index (χ2v) is 6.13. The molecular formula is C16H19FN2O3. The minimum Gasteiger partial charge on any atom is -0.491 e. The van der Waals surface area contributed by atoms with E-state index in [4.69, 9.17) is 4.74 Å². The summed E-state index contributed by atoms with van der Waals surface area (Å²) in [6, 6.07) is 4.69. The van der Waals surface area contributed by atoms with Crippen molar-refractivity contribution in [3.8, 4) is 5.75 Å². The molecule has 0 spiro atoms. The molecular weight excluding hydrogens is 287 g/mol. The summed E-state index contributed by atoms with van der Waals surface area (Å²) in [5.41, 5.74) is -0.222. The lowest BCUT2D eigenvalue weighted by atomic mass is 9.81. The van der Waals surface area contributed by atoms with E-state index in [-0.39, 0.29) is 24.2 Å². The number of halogens is 1. The van der Waals surface area contributed by atoms with Crippen LogP contribution in [0.2, 0.25) is 0 Å². The number of amides is 2. The van der Waals surface area contributed by atoms with Crippen LogP contribution >= 0.6 is 0 Å². The number of nitrogens with one attached hydrogen (secondary N) is 1. The fraction of sp³-hybridized carbons (Fsp3) is 0.500. The molecule has 1 aromatic carbocycles. The Kier molecular flexibility index (Phi) is 3.76. The molecule has 2 amide bonds. The molecule has 0 radical (unpaired) electrons. The smallest absolute Gasteiger partial charge is 0.230 e. The highest BCUT2D eigenvalue weighted by molar-refractivity contribution is 5.86. The minimum absolute atomic E-state index is 0.0270. The van der Waals surface area contributed by atoms with Gasteiger partial charge in [0.25, 0.3) is 0 Å². The summed E-state index contributed by atoms with van der Waals surface area (Å²) in [4.78, 5) is 25.8. The molecule has 2 heterocycles. The average molecular weight is 306 g/mol. The zero-order chi connectivity index (χ0) is 15.7. The molecule has 6 heteroatoms. The molecule has 0 aliphatic carbocycles. The third-order valence-electron chi connectivity index (χ3n) is 4.43. The maximum atomic E-state index is 14.0. The highest BCUT2D eigenvalue weighted by Gasteiger charge is 2.40. The number of nitrogens with zero attached hydrogens (tertiary/aromatic N) is 1. The number of carbonyl (C=O) groups is 2. The SMILES string of the molecule is C[C@]1(C(=O)N2CCOc3cccc(F)c3C2)CCC(=O)NC1. The Morgan fingerprint density at radius 1 is 1.45 bits per heavy atom. The van der Waals surface area contributed by atoms with Crippen LogP contribution in [0.15, 0.2) is 18.2 Å². The van der Waals surface area contributed by atoms with Crippen LogP contribution in [0.1, 0.15) is 25.3 Å². The largest absolute Gasteiger partial charge is 0.491 e. The summed E-state index contributed by atoms with van der Waals surface area (Å²) in [6.45, 7) is 3.13. The van der Waals surface area contributed by atoms with E-state index in [1.165, 1.54) is 6.07 Å². The van der Waals surface area contributed by atoms with Crippen LogP contribution in [0.4, 0.5) is 4.39 Å². The maximum absolute atomic E-state index is 14.0. The number of carbonyl (C=O) groups excluding carboxylic acids is 2. The first-order valence-electron chi connectivity index (χ1n) is 7.46. The van der Waals surface area contributed by atoms with Crippen LogP contribution in [0.5, 0.6) is 5.75 Å². The summed E-state index contributed by atoms with van der Waals surface area (Å²) in [5.74, 6) is 0.0461. The van der Waals surface area contributed by atoms with Crippen LogP contribution in [0.3, 0.4) is 0 Å². The van der Waals surface area contributed by atoms with Gasteiger partial charge in [-0.15, -0.1) is 0 Å². The quantitative estimate of drug-likeness (QED) is 0.854. The summed E-state index contributed by atoms with van der Waals surface area (Å²) in [5, 5.41) is 2.75. The molecule has 2 aliphatic rings. The molecule has 0 aromatic heterocycles. The van der Waals surface area contributed by atoms with E-state index < -0.39 is 5.41 Å². The molecule has 22 heavy (non-hydrogen) atoms. The first-order chi connectivity index (χ1) is 10.5. The Morgan fingerprint density at radius 3 is 3.00 bits per heavy atom. The van der Waals surface area contributed by atoms with Crippen LogP contribution in [0.25, 0.3) is 0 Å². The van der Waals surface area contributed by atoms with Crippen molar-refractivity contribution in [2.75, 3.05) is 19.7 Å². The summed E-state index contributed by atoms with van der Waals surface area (Å²) in [6.07, 6.45) is 0.858. The van der Waals surface area contributed by atoms with Crippen LogP contribution in [-0.2, 0) is 16.1 Å². The number of rotatable bonds is 1. The Balaban J connectivity index is 1.81. The molecule has 1 aromatic rings. The maximum Gasteiger partial charge on any atom is 0.230 e. The molecule has 1 atom stereocenters. The third-order valence-corrected chi connectivity index (χ3v) is 4.43. The molecule has 2 aliphatic heterocycles. The highest BCUT2D eigenvalue weighted by Crippen LogP contribution is 2.32. The first-order valence-corrected chi connectivity index (χ1v) is 7.46. The number of hydrogen-bond donors (Lipinski definition) is 1. The zero-order valence-electron chi connectivity index (χ0n) is 12.5. The van der Waals surface area contributed by atoms with Crippen LogP contribution in [0, 0.1) is 11.2 Å². The molecule has 0 unspecified atom stereocenters. The van der Waals surface area contributed by atoms with Gasteiger partial charge < -0.3 is 15.0 Å². The van der Waals surface area contributed by atoms with Gasteiger partial charge >= 0.3 is 0 Å². The second kappa shape index (κ2) is 5.59. The number of piperidine rings is 1. The molecule has 0 bridgehead atoms. The van der Waals surface area contributed by atoms with E-state index in [1.54, 1.807) is 17.0 Å². The minimum atomic E-state index is -0.635. The lowest BCUT2D eigenvalue weighted by molar-refractivity contribution is -0.144. The first kappa shape index (κ1) is 14.8. The lowest BCUT2D eigenvalue weighted by Crippen LogP contribution is -2.52. The monoisotopic (exact) mass is 306 g/mol. The van der Waals surface area contributed by atoms with E-state index in [2.05, 4.69) is 5.32 Å². The van der Waals surface area contributed by atoms with Crippen molar-refractivity contribution >= 4 is 11.8 Å². The van der Waals surface area contributed by atoms with Gasteiger partial charge in [0.2, 0.25) is 11.8 Å². The second-order valence-electron chi connectivity index (χ2n) is 6.13. The normalized spacial score (nSPS) is 24.8. The Bertz CT molecular complexity index is 607. The molecule has 1 fully saturated rings. The van der Waals surface area contributed by atoms with Crippen molar-refractivity contribution in [2.45, 2.75) is 26.3 Å². The zero-order valence-corrected chi connectivity index (χ0v) is 12.5. The molecule has 1 N–H and O–H groups in total. The van der Waals surface area contributed by atoms with Crippen molar-refractivity contribution in [1.82, 2.24) is 10.2 Å². The molecule has 0 saturated carbocycles. The highest BCUT2D eigenvalue weighted by atomic mass is 19.1. The number of hydrogen-bond acceptors (Lipinski definition) is 3. The van der Waals surface area contributed by atoms with Crippen molar-refractivity contribution in [2.24, 2.45) is 5.41 Å². The van der Waals surface area contributed by atoms with E-state index in [9.17, 15) is 14.0 Å². The number of ether oxygens (including phenoxy) is 1. The van der Waals surface area contributed by atoms with E-state index >= 15 is 0 Å². The fourth-order valence-electron chi connectivity index (χ4n) is 2.96. The van der Waals surface area contributed by atoms with Gasteiger partial charge in [-0.3, -0.25) is 9.59 Å². The number of benzene rings is 1. The van der Waals surface area contributed by atoms with Gasteiger partial charge in [-0.05, 0) is 25.5 Å². The van der Waals surface area contributed by atoms with Crippen molar-refractivity contribution in [1.29, 1.82) is 0 Å². The molecule has 118 valence electrons. The Morgan fingerprint density at radius 2 is 2.27 bits per heavy atom. The van der Waals surface area contributed by atoms with E-state index in [1.807, 2.05) is 6.92 Å². The Labute approximate surface area is 128 Å². The van der Waals surface area contributed by atoms with Crippen molar-refractivity contribution in [3.05, 3.63) is 29.6 Å². The standard InChI is InChI=1S/C16H19FN2O3/c1-16(6-5-14(20)18-10-16)15(21)19-7-8-22-13-4-2-3-12(17)11(13)9-19/h2-4H,5-10H2,1H3,(H,18,20)/t16-/m0/s1. The van der Waals surface area contributed by atoms with Gasteiger partial charge in [-0.1, -0.05) is 6.07 Å².